The van der Waals surface area contributed by atoms with Crippen molar-refractivity contribution in [2.45, 2.75) is 44.9 Å². The lowest BCUT2D eigenvalue weighted by Crippen LogP contribution is -2.36. The van der Waals surface area contributed by atoms with E-state index in [1.54, 1.807) is 13.8 Å². The van der Waals surface area contributed by atoms with Crippen molar-refractivity contribution in [3.05, 3.63) is 11.8 Å². The molecular weight excluding hydrogens is 320 g/mol. The number of cyclic esters (lactones) is 1. The molecule has 0 saturated carbocycles. The summed E-state index contributed by atoms with van der Waals surface area (Å²) in [5.74, 6) is -2.07. The fourth-order valence-corrected chi connectivity index (χ4v) is 2.59. The second-order valence-electron chi connectivity index (χ2n) is 4.79. The first-order chi connectivity index (χ1) is 8.82. The molecular formula is C12H15BrO6. The number of hydrogen-bond acceptors (Lipinski definition) is 6. The van der Waals surface area contributed by atoms with E-state index in [0.29, 0.717) is 5.33 Å². The summed E-state index contributed by atoms with van der Waals surface area (Å²) < 4.78 is 21.3. The zero-order valence-electron chi connectivity index (χ0n) is 10.8. The Morgan fingerprint density at radius 1 is 1.47 bits per heavy atom. The molecule has 1 saturated heterocycles. The van der Waals surface area contributed by atoms with Gasteiger partial charge in [0.1, 0.15) is 12.2 Å². The van der Waals surface area contributed by atoms with Gasteiger partial charge in [-0.05, 0) is 13.8 Å². The van der Waals surface area contributed by atoms with Crippen molar-refractivity contribution in [1.82, 2.24) is 0 Å². The predicted octanol–water partition coefficient (Wildman–Crippen LogP) is 1.27. The molecule has 2 aliphatic heterocycles. The number of alkyl halides is 1. The summed E-state index contributed by atoms with van der Waals surface area (Å²) >= 11 is 3.33. The smallest absolute Gasteiger partial charge is 0.374 e. The van der Waals surface area contributed by atoms with E-state index in [2.05, 4.69) is 15.9 Å². The molecule has 1 fully saturated rings. The van der Waals surface area contributed by atoms with E-state index in [1.807, 2.05) is 0 Å². The highest BCUT2D eigenvalue weighted by Crippen LogP contribution is 2.34. The van der Waals surface area contributed by atoms with Crippen LogP contribution in [0.5, 0.6) is 0 Å². The summed E-state index contributed by atoms with van der Waals surface area (Å²) in [6, 6.07) is 0. The van der Waals surface area contributed by atoms with Crippen LogP contribution in [0.15, 0.2) is 11.8 Å². The van der Waals surface area contributed by atoms with Gasteiger partial charge in [-0.2, -0.15) is 0 Å². The summed E-state index contributed by atoms with van der Waals surface area (Å²) in [7, 11) is 0. The molecule has 0 spiro atoms. The number of carbonyl (C=O) groups is 2. The third-order valence-electron chi connectivity index (χ3n) is 2.71. The first kappa shape index (κ1) is 14.5. The largest absolute Gasteiger partial charge is 0.449 e. The van der Waals surface area contributed by atoms with E-state index in [4.69, 9.17) is 18.9 Å². The average molecular weight is 335 g/mol. The van der Waals surface area contributed by atoms with Crippen molar-refractivity contribution < 1.29 is 28.5 Å². The minimum Gasteiger partial charge on any atom is -0.449 e. The average Bonchev–Trinajstić information content (AvgIpc) is 2.79. The van der Waals surface area contributed by atoms with Crippen LogP contribution in [0.4, 0.5) is 0 Å². The van der Waals surface area contributed by atoms with Gasteiger partial charge in [0.15, 0.2) is 11.9 Å². The molecule has 0 N–H and O–H groups in total. The molecule has 7 heteroatoms. The number of carbonyl (C=O) groups excluding carboxylic acids is 2. The first-order valence-corrected chi connectivity index (χ1v) is 6.97. The topological polar surface area (TPSA) is 71.1 Å². The standard InChI is InChI=1S/C12H15BrO6/c1-6(14)16-8-4-7(17-11(8)15)10-9(5-13)18-12(2,3)19-10/h4,7,9-10H,5H2,1-3H3/t7-,9-,10-/m1/s1. The molecule has 3 atom stereocenters. The minimum atomic E-state index is -0.743. The predicted molar refractivity (Wildman–Crippen MR) is 67.3 cm³/mol. The Hall–Kier alpha value is -0.920. The van der Waals surface area contributed by atoms with Crippen molar-refractivity contribution in [3.63, 3.8) is 0 Å². The van der Waals surface area contributed by atoms with Gasteiger partial charge in [0.25, 0.3) is 0 Å². The Kier molecular flexibility index (Phi) is 3.98. The van der Waals surface area contributed by atoms with E-state index in [0.717, 1.165) is 0 Å². The lowest BCUT2D eigenvalue weighted by atomic mass is 10.1. The minimum absolute atomic E-state index is 0.0980. The Labute approximate surface area is 119 Å². The van der Waals surface area contributed by atoms with Crippen LogP contribution < -0.4 is 0 Å². The molecule has 0 unspecified atom stereocenters. The molecule has 2 rings (SSSR count). The van der Waals surface area contributed by atoms with Gasteiger partial charge in [-0.15, -0.1) is 0 Å². The molecule has 0 aromatic carbocycles. The van der Waals surface area contributed by atoms with Crippen LogP contribution >= 0.6 is 15.9 Å². The summed E-state index contributed by atoms with van der Waals surface area (Å²) in [6.07, 6.45) is 0.146. The molecule has 0 aromatic rings. The van der Waals surface area contributed by atoms with E-state index >= 15 is 0 Å². The number of hydrogen-bond donors (Lipinski definition) is 0. The molecule has 106 valence electrons. The molecule has 6 nitrogen and oxygen atoms in total. The van der Waals surface area contributed by atoms with Crippen LogP contribution in [0.1, 0.15) is 20.8 Å². The van der Waals surface area contributed by atoms with Gasteiger partial charge in [-0.25, -0.2) is 4.79 Å². The normalized spacial score (nSPS) is 32.9. The monoisotopic (exact) mass is 334 g/mol. The Morgan fingerprint density at radius 2 is 2.16 bits per heavy atom. The molecule has 0 bridgehead atoms. The molecule has 0 aromatic heterocycles. The van der Waals surface area contributed by atoms with Crippen molar-refractivity contribution >= 4 is 27.9 Å². The zero-order valence-corrected chi connectivity index (χ0v) is 12.4. The van der Waals surface area contributed by atoms with Gasteiger partial charge in [-0.1, -0.05) is 15.9 Å². The van der Waals surface area contributed by atoms with E-state index in [9.17, 15) is 9.59 Å². The fraction of sp³-hybridized carbons (Fsp3) is 0.667. The van der Waals surface area contributed by atoms with Crippen LogP contribution in [0.3, 0.4) is 0 Å². The van der Waals surface area contributed by atoms with Gasteiger partial charge >= 0.3 is 11.9 Å². The van der Waals surface area contributed by atoms with Crippen LogP contribution in [0, 0.1) is 0 Å². The second kappa shape index (κ2) is 5.22. The van der Waals surface area contributed by atoms with Crippen LogP contribution in [0.2, 0.25) is 0 Å². The van der Waals surface area contributed by atoms with E-state index in [-0.39, 0.29) is 11.9 Å². The van der Waals surface area contributed by atoms with Crippen LogP contribution in [-0.2, 0) is 28.5 Å². The molecule has 19 heavy (non-hydrogen) atoms. The molecule has 0 radical (unpaired) electrons. The lowest BCUT2D eigenvalue weighted by Gasteiger charge is -2.19. The Morgan fingerprint density at radius 3 is 2.74 bits per heavy atom. The summed E-state index contributed by atoms with van der Waals surface area (Å²) in [5, 5.41) is 0.548. The van der Waals surface area contributed by atoms with Crippen molar-refractivity contribution in [2.24, 2.45) is 0 Å². The lowest BCUT2D eigenvalue weighted by molar-refractivity contribution is -0.163. The highest BCUT2D eigenvalue weighted by Gasteiger charge is 2.48. The van der Waals surface area contributed by atoms with Crippen LogP contribution in [-0.4, -0.2) is 41.4 Å². The summed E-state index contributed by atoms with van der Waals surface area (Å²) in [6.45, 7) is 4.80. The third-order valence-corrected chi connectivity index (χ3v) is 3.35. The summed E-state index contributed by atoms with van der Waals surface area (Å²) in [4.78, 5) is 22.4. The number of rotatable bonds is 3. The third kappa shape index (κ3) is 3.16. The van der Waals surface area contributed by atoms with Gasteiger partial charge in [0.2, 0.25) is 5.76 Å². The van der Waals surface area contributed by atoms with E-state index < -0.39 is 29.9 Å². The van der Waals surface area contributed by atoms with E-state index in [1.165, 1.54) is 13.0 Å². The maximum absolute atomic E-state index is 11.6. The van der Waals surface area contributed by atoms with Crippen molar-refractivity contribution in [2.75, 3.05) is 5.33 Å². The zero-order chi connectivity index (χ0) is 14.2. The van der Waals surface area contributed by atoms with Gasteiger partial charge in [0, 0.05) is 18.3 Å². The number of ether oxygens (including phenoxy) is 4. The molecule has 0 amide bonds. The second-order valence-corrected chi connectivity index (χ2v) is 5.43. The Balaban J connectivity index is 2.13. The molecule has 0 aliphatic carbocycles. The number of halogens is 1. The highest BCUT2D eigenvalue weighted by molar-refractivity contribution is 9.09. The number of esters is 2. The maximum atomic E-state index is 11.6. The SMILES string of the molecule is CC(=O)OC1=C[C@H]([C@H]2OC(C)(C)O[C@@H]2CBr)OC1=O. The van der Waals surface area contributed by atoms with Crippen molar-refractivity contribution in [1.29, 1.82) is 0 Å². The van der Waals surface area contributed by atoms with Crippen LogP contribution in [0.25, 0.3) is 0 Å². The quantitative estimate of drug-likeness (QED) is 0.571. The molecule has 2 heterocycles. The fourth-order valence-electron chi connectivity index (χ4n) is 2.09. The van der Waals surface area contributed by atoms with Crippen molar-refractivity contribution in [3.8, 4) is 0 Å². The first-order valence-electron chi connectivity index (χ1n) is 5.85. The Bertz CT molecular complexity index is 430. The van der Waals surface area contributed by atoms with Gasteiger partial charge < -0.3 is 18.9 Å². The summed E-state index contributed by atoms with van der Waals surface area (Å²) in [5.41, 5.74) is 0. The van der Waals surface area contributed by atoms with Gasteiger partial charge in [0.05, 0.1) is 0 Å². The van der Waals surface area contributed by atoms with Gasteiger partial charge in [-0.3, -0.25) is 4.79 Å². The molecule has 2 aliphatic rings. The maximum Gasteiger partial charge on any atom is 0.374 e. The highest BCUT2D eigenvalue weighted by atomic mass is 79.9.